The van der Waals surface area contributed by atoms with Gasteiger partial charge < -0.3 is 9.64 Å². The van der Waals surface area contributed by atoms with Gasteiger partial charge in [0.2, 0.25) is 5.62 Å². The average Bonchev–Trinajstić information content (AvgIpc) is 2.84. The number of aromatic nitrogens is 2. The highest BCUT2D eigenvalue weighted by molar-refractivity contribution is 9.10. The maximum Gasteiger partial charge on any atom is 0.230 e. The van der Waals surface area contributed by atoms with Gasteiger partial charge in [-0.2, -0.15) is 4.98 Å². The molecule has 8 heteroatoms. The largest absolute Gasteiger partial charge is 0.375 e. The highest BCUT2D eigenvalue weighted by Crippen LogP contribution is 2.36. The zero-order chi connectivity index (χ0) is 19.1. The number of hydrogen-bond acceptors (Lipinski definition) is 5. The average molecular weight is 430 g/mol. The van der Waals surface area contributed by atoms with E-state index in [1.54, 1.807) is 13.0 Å². The standard InChI is InChI=1S/C19H17BrFN5O/c1-11(22)26-17-6-5-12(21)9-13(17)18(24-19(26)23)25-7-8-27-10-14-15(20)3-2-4-16(14)25/h2-6,9,22-23H,7-8,10H2,1H3. The van der Waals surface area contributed by atoms with Gasteiger partial charge in [-0.1, -0.05) is 22.0 Å². The smallest absolute Gasteiger partial charge is 0.230 e. The number of benzene rings is 2. The molecule has 0 saturated heterocycles. The fraction of sp³-hybridized carbons (Fsp3) is 0.211. The Morgan fingerprint density at radius 3 is 2.89 bits per heavy atom. The minimum absolute atomic E-state index is 0.0710. The Morgan fingerprint density at radius 1 is 1.30 bits per heavy atom. The molecule has 0 amide bonds. The summed E-state index contributed by atoms with van der Waals surface area (Å²) in [6, 6.07) is 10.2. The van der Waals surface area contributed by atoms with E-state index in [0.29, 0.717) is 36.5 Å². The normalized spacial score (nSPS) is 14.1. The van der Waals surface area contributed by atoms with Crippen molar-refractivity contribution >= 4 is 44.2 Å². The Balaban J connectivity index is 2.05. The van der Waals surface area contributed by atoms with Crippen LogP contribution in [-0.4, -0.2) is 28.5 Å². The second-order valence-electron chi connectivity index (χ2n) is 6.28. The van der Waals surface area contributed by atoms with E-state index in [1.165, 1.54) is 16.7 Å². The summed E-state index contributed by atoms with van der Waals surface area (Å²) in [4.78, 5) is 6.39. The molecule has 0 atom stereocenters. The van der Waals surface area contributed by atoms with Crippen molar-refractivity contribution in [1.82, 2.24) is 9.55 Å². The molecule has 1 aliphatic rings. The van der Waals surface area contributed by atoms with Crippen LogP contribution in [-0.2, 0) is 11.3 Å². The number of nitrogens with zero attached hydrogens (tertiary/aromatic N) is 3. The molecule has 0 saturated carbocycles. The maximum atomic E-state index is 14.1. The summed E-state index contributed by atoms with van der Waals surface area (Å²) in [6.45, 7) is 3.04. The molecular formula is C19H17BrFN5O. The molecule has 0 bridgehead atoms. The van der Waals surface area contributed by atoms with Crippen molar-refractivity contribution in [3.63, 3.8) is 0 Å². The third-order valence-electron chi connectivity index (χ3n) is 4.55. The van der Waals surface area contributed by atoms with Gasteiger partial charge in [-0.25, -0.2) is 4.39 Å². The molecule has 0 spiro atoms. The van der Waals surface area contributed by atoms with Gasteiger partial charge in [0.15, 0.2) is 0 Å². The van der Waals surface area contributed by atoms with Gasteiger partial charge in [-0.15, -0.1) is 0 Å². The lowest BCUT2D eigenvalue weighted by Gasteiger charge is -2.26. The molecule has 138 valence electrons. The number of ether oxygens (including phenoxy) is 1. The topological polar surface area (TPSA) is 78.0 Å². The van der Waals surface area contributed by atoms with Crippen LogP contribution in [0.25, 0.3) is 10.9 Å². The molecule has 0 fully saturated rings. The first-order valence-electron chi connectivity index (χ1n) is 8.42. The molecule has 0 radical (unpaired) electrons. The van der Waals surface area contributed by atoms with Gasteiger partial charge in [0.05, 0.1) is 18.7 Å². The number of halogens is 2. The summed E-state index contributed by atoms with van der Waals surface area (Å²) in [5.41, 5.74) is 2.38. The lowest BCUT2D eigenvalue weighted by atomic mass is 10.1. The molecule has 0 aliphatic carbocycles. The van der Waals surface area contributed by atoms with Crippen molar-refractivity contribution in [2.45, 2.75) is 13.5 Å². The van der Waals surface area contributed by atoms with Gasteiger partial charge in [0, 0.05) is 27.7 Å². The van der Waals surface area contributed by atoms with E-state index in [2.05, 4.69) is 20.9 Å². The van der Waals surface area contributed by atoms with Crippen LogP contribution in [0.15, 0.2) is 40.9 Å². The molecule has 1 aromatic heterocycles. The number of hydrogen-bond donors (Lipinski definition) is 2. The van der Waals surface area contributed by atoms with Crippen molar-refractivity contribution in [3.05, 3.63) is 57.9 Å². The van der Waals surface area contributed by atoms with E-state index in [-0.39, 0.29) is 11.5 Å². The van der Waals surface area contributed by atoms with Crippen LogP contribution in [0.4, 0.5) is 15.9 Å². The predicted octanol–water partition coefficient (Wildman–Crippen LogP) is 3.93. The van der Waals surface area contributed by atoms with Crippen molar-refractivity contribution in [1.29, 1.82) is 10.8 Å². The van der Waals surface area contributed by atoms with Gasteiger partial charge in [-0.05, 0) is 37.3 Å². The van der Waals surface area contributed by atoms with E-state index < -0.39 is 5.82 Å². The first kappa shape index (κ1) is 17.8. The van der Waals surface area contributed by atoms with Crippen LogP contribution in [0, 0.1) is 16.6 Å². The summed E-state index contributed by atoms with van der Waals surface area (Å²) in [7, 11) is 0. The highest BCUT2D eigenvalue weighted by atomic mass is 79.9. The molecule has 6 nitrogen and oxygen atoms in total. The monoisotopic (exact) mass is 429 g/mol. The van der Waals surface area contributed by atoms with Crippen LogP contribution in [0.5, 0.6) is 0 Å². The predicted molar refractivity (Wildman–Crippen MR) is 105 cm³/mol. The van der Waals surface area contributed by atoms with Crippen molar-refractivity contribution in [3.8, 4) is 0 Å². The number of fused-ring (bicyclic) bond motifs is 2. The van der Waals surface area contributed by atoms with Crippen molar-refractivity contribution in [2.24, 2.45) is 0 Å². The van der Waals surface area contributed by atoms with E-state index in [4.69, 9.17) is 15.6 Å². The Morgan fingerprint density at radius 2 is 2.11 bits per heavy atom. The molecule has 2 heterocycles. The maximum absolute atomic E-state index is 14.1. The fourth-order valence-electron chi connectivity index (χ4n) is 3.37. The van der Waals surface area contributed by atoms with Crippen LogP contribution in [0.3, 0.4) is 0 Å². The van der Waals surface area contributed by atoms with Crippen molar-refractivity contribution in [2.75, 3.05) is 18.1 Å². The minimum Gasteiger partial charge on any atom is -0.375 e. The molecule has 4 rings (SSSR count). The quantitative estimate of drug-likeness (QED) is 0.454. The first-order valence-corrected chi connectivity index (χ1v) is 9.22. The molecule has 27 heavy (non-hydrogen) atoms. The lowest BCUT2D eigenvalue weighted by molar-refractivity contribution is 0.133. The third-order valence-corrected chi connectivity index (χ3v) is 5.29. The van der Waals surface area contributed by atoms with Crippen LogP contribution < -0.4 is 10.5 Å². The summed E-state index contributed by atoms with van der Waals surface area (Å²) < 4.78 is 22.1. The van der Waals surface area contributed by atoms with E-state index >= 15 is 0 Å². The molecule has 0 unspecified atom stereocenters. The van der Waals surface area contributed by atoms with E-state index in [1.807, 2.05) is 23.1 Å². The van der Waals surface area contributed by atoms with Gasteiger partial charge in [-0.3, -0.25) is 15.4 Å². The Bertz CT molecular complexity index is 1130. The van der Waals surface area contributed by atoms with Crippen LogP contribution >= 0.6 is 15.9 Å². The second-order valence-corrected chi connectivity index (χ2v) is 7.14. The Kier molecular flexibility index (Phi) is 4.53. The highest BCUT2D eigenvalue weighted by Gasteiger charge is 2.23. The van der Waals surface area contributed by atoms with Crippen LogP contribution in [0.2, 0.25) is 0 Å². The number of nitrogens with one attached hydrogen (secondary N) is 2. The van der Waals surface area contributed by atoms with Crippen molar-refractivity contribution < 1.29 is 9.13 Å². The molecule has 2 N–H and O–H groups in total. The molecule has 2 aromatic carbocycles. The summed E-state index contributed by atoms with van der Waals surface area (Å²) in [5, 5.41) is 16.9. The third kappa shape index (κ3) is 3.04. The molecule has 3 aromatic rings. The van der Waals surface area contributed by atoms with E-state index in [0.717, 1.165) is 15.7 Å². The number of anilines is 2. The Hall–Kier alpha value is -2.58. The lowest BCUT2D eigenvalue weighted by Crippen LogP contribution is -2.32. The second kappa shape index (κ2) is 6.86. The zero-order valence-electron chi connectivity index (χ0n) is 14.6. The molecule has 1 aliphatic heterocycles. The zero-order valence-corrected chi connectivity index (χ0v) is 16.2. The van der Waals surface area contributed by atoms with Gasteiger partial charge in [0.1, 0.15) is 17.5 Å². The summed E-state index contributed by atoms with van der Waals surface area (Å²) in [6.07, 6.45) is 0. The minimum atomic E-state index is -0.391. The molecular weight excluding hydrogens is 413 g/mol. The van der Waals surface area contributed by atoms with Gasteiger partial charge in [0.25, 0.3) is 0 Å². The SMILES string of the molecule is CC(=N)n1c(=N)nc(N2CCOCc3c(Br)cccc32)c2cc(F)ccc21. The summed E-state index contributed by atoms with van der Waals surface area (Å²) in [5.74, 6) is 0.243. The van der Waals surface area contributed by atoms with Gasteiger partial charge >= 0.3 is 0 Å². The first-order chi connectivity index (χ1) is 13.0. The summed E-state index contributed by atoms with van der Waals surface area (Å²) >= 11 is 3.57. The van der Waals surface area contributed by atoms with Crippen LogP contribution in [0.1, 0.15) is 12.5 Å². The fourth-order valence-corrected chi connectivity index (χ4v) is 3.84. The Labute approximate surface area is 163 Å². The number of rotatable bonds is 1. The van der Waals surface area contributed by atoms with E-state index in [9.17, 15) is 4.39 Å².